The lowest BCUT2D eigenvalue weighted by Gasteiger charge is -2.22. The Kier molecular flexibility index (Phi) is 7.33. The molecule has 3 aromatic rings. The van der Waals surface area contributed by atoms with Gasteiger partial charge in [-0.05, 0) is 42.5 Å². The summed E-state index contributed by atoms with van der Waals surface area (Å²) in [7, 11) is 0. The van der Waals surface area contributed by atoms with Crippen molar-refractivity contribution in [2.24, 2.45) is 0 Å². The minimum absolute atomic E-state index is 0.157. The number of hydrogen-bond acceptors (Lipinski definition) is 3. The Hall–Kier alpha value is -2.98. The van der Waals surface area contributed by atoms with Crippen molar-refractivity contribution >= 4 is 5.69 Å². The van der Waals surface area contributed by atoms with E-state index < -0.39 is 0 Å². The van der Waals surface area contributed by atoms with Gasteiger partial charge in [-0.3, -0.25) is 15.0 Å². The standard InChI is InChI=1S/C24H26N2O2/c27-26(28)24-15-7-13-23(19-24)20-25(18-16-22-11-5-2-6-12-22)17-8-14-21-9-3-1-4-10-21/h1-7,9-13,15,19H,8,14,16-18,20H2. The molecule has 3 aromatic carbocycles. The third-order valence-corrected chi connectivity index (χ3v) is 4.87. The summed E-state index contributed by atoms with van der Waals surface area (Å²) in [5.41, 5.74) is 3.81. The highest BCUT2D eigenvalue weighted by molar-refractivity contribution is 5.34. The highest BCUT2D eigenvalue weighted by atomic mass is 16.6. The molecule has 0 aliphatic rings. The van der Waals surface area contributed by atoms with Gasteiger partial charge in [0.25, 0.3) is 5.69 Å². The van der Waals surface area contributed by atoms with Gasteiger partial charge >= 0.3 is 0 Å². The van der Waals surface area contributed by atoms with Crippen molar-refractivity contribution in [2.45, 2.75) is 25.8 Å². The van der Waals surface area contributed by atoms with Gasteiger partial charge in [0.05, 0.1) is 4.92 Å². The zero-order valence-electron chi connectivity index (χ0n) is 16.0. The zero-order valence-corrected chi connectivity index (χ0v) is 16.0. The van der Waals surface area contributed by atoms with E-state index in [0.717, 1.165) is 44.5 Å². The predicted molar refractivity (Wildman–Crippen MR) is 113 cm³/mol. The molecule has 0 saturated carbocycles. The van der Waals surface area contributed by atoms with Crippen LogP contribution in [0.15, 0.2) is 84.9 Å². The van der Waals surface area contributed by atoms with Crippen LogP contribution >= 0.6 is 0 Å². The number of nitro groups is 1. The molecule has 0 unspecified atom stereocenters. The van der Waals surface area contributed by atoms with Crippen LogP contribution in [0.2, 0.25) is 0 Å². The van der Waals surface area contributed by atoms with Crippen LogP contribution in [0, 0.1) is 10.1 Å². The van der Waals surface area contributed by atoms with E-state index in [-0.39, 0.29) is 10.6 Å². The van der Waals surface area contributed by atoms with Crippen LogP contribution in [-0.2, 0) is 19.4 Å². The van der Waals surface area contributed by atoms with E-state index in [1.165, 1.54) is 11.1 Å². The molecule has 4 nitrogen and oxygen atoms in total. The highest BCUT2D eigenvalue weighted by Gasteiger charge is 2.10. The molecule has 0 aliphatic carbocycles. The Morgan fingerprint density at radius 1 is 0.714 bits per heavy atom. The third-order valence-electron chi connectivity index (χ3n) is 4.87. The van der Waals surface area contributed by atoms with Gasteiger partial charge in [-0.2, -0.15) is 0 Å². The maximum atomic E-state index is 11.1. The largest absolute Gasteiger partial charge is 0.299 e. The molecule has 28 heavy (non-hydrogen) atoms. The molecule has 0 aromatic heterocycles. The number of non-ortho nitro benzene ring substituents is 1. The van der Waals surface area contributed by atoms with Gasteiger partial charge in [0.2, 0.25) is 0 Å². The lowest BCUT2D eigenvalue weighted by Crippen LogP contribution is -2.27. The highest BCUT2D eigenvalue weighted by Crippen LogP contribution is 2.16. The summed E-state index contributed by atoms with van der Waals surface area (Å²) < 4.78 is 0. The normalized spacial score (nSPS) is 10.9. The first-order valence-corrected chi connectivity index (χ1v) is 9.74. The fourth-order valence-electron chi connectivity index (χ4n) is 3.38. The van der Waals surface area contributed by atoms with Crippen molar-refractivity contribution in [1.82, 2.24) is 4.90 Å². The van der Waals surface area contributed by atoms with E-state index in [9.17, 15) is 10.1 Å². The van der Waals surface area contributed by atoms with Crippen LogP contribution in [0.25, 0.3) is 0 Å². The molecule has 3 rings (SSSR count). The summed E-state index contributed by atoms with van der Waals surface area (Å²) in [6, 6.07) is 28.0. The monoisotopic (exact) mass is 374 g/mol. The zero-order chi connectivity index (χ0) is 19.6. The van der Waals surface area contributed by atoms with E-state index in [4.69, 9.17) is 0 Å². The van der Waals surface area contributed by atoms with E-state index in [0.29, 0.717) is 0 Å². The molecule has 144 valence electrons. The molecule has 0 radical (unpaired) electrons. The first kappa shape index (κ1) is 19.8. The van der Waals surface area contributed by atoms with Gasteiger partial charge in [-0.25, -0.2) is 0 Å². The van der Waals surface area contributed by atoms with Crippen LogP contribution in [0.1, 0.15) is 23.1 Å². The Balaban J connectivity index is 1.62. The number of rotatable bonds is 10. The van der Waals surface area contributed by atoms with Crippen LogP contribution in [0.3, 0.4) is 0 Å². The molecule has 0 saturated heterocycles. The minimum Gasteiger partial charge on any atom is -0.299 e. The second-order valence-corrected chi connectivity index (χ2v) is 7.03. The van der Waals surface area contributed by atoms with Crippen LogP contribution in [0.4, 0.5) is 5.69 Å². The van der Waals surface area contributed by atoms with Crippen LogP contribution in [0.5, 0.6) is 0 Å². The molecule has 0 N–H and O–H groups in total. The molecule has 0 fully saturated rings. The average Bonchev–Trinajstić information content (AvgIpc) is 2.73. The second-order valence-electron chi connectivity index (χ2n) is 7.03. The summed E-state index contributed by atoms with van der Waals surface area (Å²) in [5.74, 6) is 0. The van der Waals surface area contributed by atoms with Crippen molar-refractivity contribution in [3.63, 3.8) is 0 Å². The molecule has 4 heteroatoms. The summed E-state index contributed by atoms with van der Waals surface area (Å²) in [4.78, 5) is 13.1. The number of hydrogen-bond donors (Lipinski definition) is 0. The Morgan fingerprint density at radius 2 is 1.32 bits per heavy atom. The molecule has 0 atom stereocenters. The topological polar surface area (TPSA) is 46.4 Å². The SMILES string of the molecule is O=[N+]([O-])c1cccc(CN(CCCc2ccccc2)CCc2ccccc2)c1. The number of nitro benzene ring substituents is 1. The molecule has 0 aliphatic heterocycles. The molecular weight excluding hydrogens is 348 g/mol. The average molecular weight is 374 g/mol. The fourth-order valence-corrected chi connectivity index (χ4v) is 3.38. The lowest BCUT2D eigenvalue weighted by molar-refractivity contribution is -0.384. The maximum Gasteiger partial charge on any atom is 0.269 e. The summed E-state index contributed by atoms with van der Waals surface area (Å²) in [6.45, 7) is 2.62. The number of nitrogens with zero attached hydrogens (tertiary/aromatic N) is 2. The van der Waals surface area contributed by atoms with Gasteiger partial charge in [0.1, 0.15) is 0 Å². The van der Waals surface area contributed by atoms with Crippen molar-refractivity contribution < 1.29 is 4.92 Å². The molecule has 0 spiro atoms. The van der Waals surface area contributed by atoms with E-state index in [1.807, 2.05) is 18.2 Å². The second kappa shape index (κ2) is 10.4. The van der Waals surface area contributed by atoms with Crippen molar-refractivity contribution in [3.8, 4) is 0 Å². The summed E-state index contributed by atoms with van der Waals surface area (Å²) in [6.07, 6.45) is 3.08. The third kappa shape index (κ3) is 6.32. The molecule has 0 bridgehead atoms. The minimum atomic E-state index is -0.326. The summed E-state index contributed by atoms with van der Waals surface area (Å²) in [5, 5.41) is 11.1. The molecule has 0 amide bonds. The number of benzene rings is 3. The first-order valence-electron chi connectivity index (χ1n) is 9.74. The first-order chi connectivity index (χ1) is 13.7. The Labute approximate surface area is 166 Å². The fraction of sp³-hybridized carbons (Fsp3) is 0.250. The molecular formula is C24H26N2O2. The van der Waals surface area contributed by atoms with Gasteiger partial charge in [0.15, 0.2) is 0 Å². The number of aryl methyl sites for hydroxylation is 1. The van der Waals surface area contributed by atoms with Crippen molar-refractivity contribution in [1.29, 1.82) is 0 Å². The van der Waals surface area contributed by atoms with Gasteiger partial charge in [-0.15, -0.1) is 0 Å². The van der Waals surface area contributed by atoms with Crippen LogP contribution < -0.4 is 0 Å². The smallest absolute Gasteiger partial charge is 0.269 e. The van der Waals surface area contributed by atoms with Crippen LogP contribution in [-0.4, -0.2) is 22.9 Å². The van der Waals surface area contributed by atoms with Gasteiger partial charge in [0, 0.05) is 25.2 Å². The summed E-state index contributed by atoms with van der Waals surface area (Å²) >= 11 is 0. The van der Waals surface area contributed by atoms with E-state index in [1.54, 1.807) is 18.2 Å². The Morgan fingerprint density at radius 3 is 1.96 bits per heavy atom. The van der Waals surface area contributed by atoms with Crippen molar-refractivity contribution in [3.05, 3.63) is 112 Å². The van der Waals surface area contributed by atoms with Gasteiger partial charge in [-0.1, -0.05) is 72.8 Å². The van der Waals surface area contributed by atoms with E-state index >= 15 is 0 Å². The maximum absolute atomic E-state index is 11.1. The molecule has 0 heterocycles. The Bertz CT molecular complexity index is 866. The lowest BCUT2D eigenvalue weighted by atomic mass is 10.1. The van der Waals surface area contributed by atoms with E-state index in [2.05, 4.69) is 53.4 Å². The quantitative estimate of drug-likeness (QED) is 0.359. The van der Waals surface area contributed by atoms with Gasteiger partial charge < -0.3 is 0 Å². The van der Waals surface area contributed by atoms with Crippen molar-refractivity contribution in [2.75, 3.05) is 13.1 Å². The predicted octanol–water partition coefficient (Wildman–Crippen LogP) is 5.27.